The van der Waals surface area contributed by atoms with E-state index in [1.165, 1.54) is 12.1 Å². The number of anilines is 1. The molecule has 1 atom stereocenters. The van der Waals surface area contributed by atoms with Crippen LogP contribution in [0, 0.1) is 17.0 Å². The van der Waals surface area contributed by atoms with E-state index in [4.69, 9.17) is 5.11 Å². The van der Waals surface area contributed by atoms with Crippen LogP contribution in [0.15, 0.2) is 24.9 Å². The van der Waals surface area contributed by atoms with Crippen molar-refractivity contribution in [2.24, 2.45) is 0 Å². The quantitative estimate of drug-likeness (QED) is 0.453. The van der Waals surface area contributed by atoms with Gasteiger partial charge in [0.1, 0.15) is 18.1 Å². The fraction of sp³-hybridized carbons (Fsp3) is 0.273. The highest BCUT2D eigenvalue weighted by Crippen LogP contribution is 2.19. The highest BCUT2D eigenvalue weighted by Gasteiger charge is 2.17. The molecular weight excluding hydrogens is 238 g/mol. The number of rotatable bonds is 6. The summed E-state index contributed by atoms with van der Waals surface area (Å²) >= 11 is 0. The predicted molar refractivity (Wildman–Crippen MR) is 65.5 cm³/mol. The number of nitrogens with one attached hydrogen (secondary N) is 1. The minimum atomic E-state index is -1.03. The van der Waals surface area contributed by atoms with Crippen LogP contribution in [0.3, 0.4) is 0 Å². The second-order valence-electron chi connectivity index (χ2n) is 3.67. The van der Waals surface area contributed by atoms with E-state index in [0.717, 1.165) is 6.20 Å². The van der Waals surface area contributed by atoms with Gasteiger partial charge in [-0.05, 0) is 19.4 Å². The zero-order valence-corrected chi connectivity index (χ0v) is 9.79. The number of nitrogens with zero attached hydrogens (tertiary/aromatic N) is 2. The molecule has 0 saturated heterocycles. The van der Waals surface area contributed by atoms with Gasteiger partial charge in [0.25, 0.3) is 5.69 Å². The number of hydrogen-bond donors (Lipinski definition) is 2. The molecule has 0 aliphatic carbocycles. The molecule has 2 N–H and O–H groups in total. The molecule has 7 heteroatoms. The molecule has 0 spiro atoms. The molecule has 0 radical (unpaired) electrons. The van der Waals surface area contributed by atoms with Gasteiger partial charge in [0.2, 0.25) is 0 Å². The Kier molecular flexibility index (Phi) is 4.36. The summed E-state index contributed by atoms with van der Waals surface area (Å²) in [6, 6.07) is 0.591. The number of pyridine rings is 1. The maximum absolute atomic E-state index is 10.9. The molecule has 1 aromatic heterocycles. The van der Waals surface area contributed by atoms with Gasteiger partial charge in [0, 0.05) is 5.56 Å². The highest BCUT2D eigenvalue weighted by molar-refractivity contribution is 5.77. The Morgan fingerprint density at radius 1 is 1.78 bits per heavy atom. The van der Waals surface area contributed by atoms with Crippen LogP contribution in [0.25, 0.3) is 0 Å². The lowest BCUT2D eigenvalue weighted by Gasteiger charge is -2.13. The first-order chi connectivity index (χ1) is 8.45. The maximum Gasteiger partial charge on any atom is 0.326 e. The Morgan fingerprint density at radius 3 is 2.89 bits per heavy atom. The van der Waals surface area contributed by atoms with E-state index in [0.29, 0.717) is 5.56 Å². The number of hydrogen-bond acceptors (Lipinski definition) is 5. The summed E-state index contributed by atoms with van der Waals surface area (Å²) in [4.78, 5) is 24.8. The molecule has 0 bridgehead atoms. The van der Waals surface area contributed by atoms with E-state index >= 15 is 0 Å². The minimum Gasteiger partial charge on any atom is -0.480 e. The molecule has 18 heavy (non-hydrogen) atoms. The maximum atomic E-state index is 10.9. The van der Waals surface area contributed by atoms with Gasteiger partial charge < -0.3 is 10.4 Å². The third kappa shape index (κ3) is 3.27. The van der Waals surface area contributed by atoms with Crippen molar-refractivity contribution in [2.45, 2.75) is 19.4 Å². The molecule has 0 aromatic carbocycles. The van der Waals surface area contributed by atoms with E-state index in [2.05, 4.69) is 16.9 Å². The van der Waals surface area contributed by atoms with Crippen LogP contribution in [0.1, 0.15) is 12.0 Å². The topological polar surface area (TPSA) is 105 Å². The Labute approximate surface area is 103 Å². The van der Waals surface area contributed by atoms with Crippen molar-refractivity contribution in [3.05, 3.63) is 40.6 Å². The average molecular weight is 251 g/mol. The number of aliphatic carboxylic acids is 1. The lowest BCUT2D eigenvalue weighted by atomic mass is 10.2. The van der Waals surface area contributed by atoms with Gasteiger partial charge in [0.15, 0.2) is 0 Å². The molecule has 0 saturated carbocycles. The van der Waals surface area contributed by atoms with Crippen LogP contribution < -0.4 is 5.32 Å². The molecule has 0 fully saturated rings. The second kappa shape index (κ2) is 5.76. The summed E-state index contributed by atoms with van der Waals surface area (Å²) in [5.74, 6) is -0.750. The molecule has 96 valence electrons. The second-order valence-corrected chi connectivity index (χ2v) is 3.67. The molecule has 1 rings (SSSR count). The first-order valence-electron chi connectivity index (χ1n) is 5.17. The fourth-order valence-electron chi connectivity index (χ4n) is 1.39. The van der Waals surface area contributed by atoms with E-state index in [-0.39, 0.29) is 17.9 Å². The van der Waals surface area contributed by atoms with Crippen LogP contribution in [0.2, 0.25) is 0 Å². The number of aryl methyl sites for hydroxylation is 1. The van der Waals surface area contributed by atoms with Crippen LogP contribution >= 0.6 is 0 Å². The number of carboxylic acid groups (broad SMARTS) is 1. The molecule has 7 nitrogen and oxygen atoms in total. The van der Waals surface area contributed by atoms with Crippen molar-refractivity contribution in [2.75, 3.05) is 5.32 Å². The molecule has 1 unspecified atom stereocenters. The first kappa shape index (κ1) is 13.6. The number of aromatic nitrogens is 1. The summed E-state index contributed by atoms with van der Waals surface area (Å²) < 4.78 is 0. The minimum absolute atomic E-state index is 0.101. The summed E-state index contributed by atoms with van der Waals surface area (Å²) in [7, 11) is 0. The van der Waals surface area contributed by atoms with Gasteiger partial charge in [-0.15, -0.1) is 6.58 Å². The molecule has 0 amide bonds. The van der Waals surface area contributed by atoms with Gasteiger partial charge in [-0.1, -0.05) is 6.08 Å². The Bertz CT molecular complexity index is 487. The predicted octanol–water partition coefficient (Wildman–Crippen LogP) is 1.74. The summed E-state index contributed by atoms with van der Waals surface area (Å²) in [6.07, 6.45) is 2.81. The van der Waals surface area contributed by atoms with Gasteiger partial charge in [0.05, 0.1) is 4.92 Å². The molecule has 0 aliphatic rings. The van der Waals surface area contributed by atoms with Crippen molar-refractivity contribution < 1.29 is 14.8 Å². The largest absolute Gasteiger partial charge is 0.480 e. The van der Waals surface area contributed by atoms with Crippen LogP contribution in [-0.4, -0.2) is 27.0 Å². The van der Waals surface area contributed by atoms with Crippen molar-refractivity contribution in [3.8, 4) is 0 Å². The smallest absolute Gasteiger partial charge is 0.326 e. The van der Waals surface area contributed by atoms with Crippen molar-refractivity contribution >= 4 is 17.5 Å². The van der Waals surface area contributed by atoms with Gasteiger partial charge in [-0.3, -0.25) is 10.1 Å². The normalized spacial score (nSPS) is 11.6. The Balaban J connectivity index is 2.91. The van der Waals surface area contributed by atoms with Crippen LogP contribution in [-0.2, 0) is 4.79 Å². The Hall–Kier alpha value is -2.44. The van der Waals surface area contributed by atoms with Crippen molar-refractivity contribution in [3.63, 3.8) is 0 Å². The Morgan fingerprint density at radius 2 is 2.44 bits per heavy atom. The number of carbonyl (C=O) groups is 1. The number of nitro groups is 1. The van der Waals surface area contributed by atoms with Crippen molar-refractivity contribution in [1.29, 1.82) is 0 Å². The average Bonchev–Trinajstić information content (AvgIpc) is 2.27. The van der Waals surface area contributed by atoms with Crippen molar-refractivity contribution in [1.82, 2.24) is 4.98 Å². The highest BCUT2D eigenvalue weighted by atomic mass is 16.6. The third-order valence-electron chi connectivity index (χ3n) is 2.30. The zero-order chi connectivity index (χ0) is 13.7. The fourth-order valence-corrected chi connectivity index (χ4v) is 1.39. The lowest BCUT2D eigenvalue weighted by Crippen LogP contribution is -2.29. The molecule has 1 heterocycles. The lowest BCUT2D eigenvalue weighted by molar-refractivity contribution is -0.385. The van der Waals surface area contributed by atoms with E-state index in [1.54, 1.807) is 6.92 Å². The zero-order valence-electron chi connectivity index (χ0n) is 9.79. The van der Waals surface area contributed by atoms with Gasteiger partial charge in [-0.2, -0.15) is 0 Å². The number of carboxylic acids is 1. The molecule has 0 aliphatic heterocycles. The summed E-state index contributed by atoms with van der Waals surface area (Å²) in [5.41, 5.74) is 0.316. The van der Waals surface area contributed by atoms with E-state index in [1.807, 2.05) is 0 Å². The molecule has 1 aromatic rings. The van der Waals surface area contributed by atoms with Crippen LogP contribution in [0.5, 0.6) is 0 Å². The molecular formula is C11H13N3O4. The summed E-state index contributed by atoms with van der Waals surface area (Å²) in [5, 5.41) is 22.2. The van der Waals surface area contributed by atoms with Crippen LogP contribution in [0.4, 0.5) is 11.5 Å². The van der Waals surface area contributed by atoms with E-state index in [9.17, 15) is 14.9 Å². The SMILES string of the molecule is C=CCC(Nc1cc(C)c([N+](=O)[O-])cn1)C(=O)O. The van der Waals surface area contributed by atoms with Gasteiger partial charge in [-0.25, -0.2) is 9.78 Å². The van der Waals surface area contributed by atoms with E-state index < -0.39 is 16.9 Å². The van der Waals surface area contributed by atoms with Gasteiger partial charge >= 0.3 is 5.97 Å². The standard InChI is InChI=1S/C11H13N3O4/c1-3-4-8(11(15)16)13-10-5-7(2)9(6-12-10)14(17)18/h3,5-6,8H,1,4H2,2H3,(H,12,13)(H,15,16). The monoisotopic (exact) mass is 251 g/mol. The summed E-state index contributed by atoms with van der Waals surface area (Å²) in [6.45, 7) is 5.03. The third-order valence-corrected chi connectivity index (χ3v) is 2.30. The first-order valence-corrected chi connectivity index (χ1v) is 5.17.